The fourth-order valence-electron chi connectivity index (χ4n) is 6.05. The van der Waals surface area contributed by atoms with Crippen LogP contribution in [0.4, 0.5) is 0 Å². The molecule has 2 atom stereocenters. The van der Waals surface area contributed by atoms with Gasteiger partial charge in [0.1, 0.15) is 24.7 Å². The van der Waals surface area contributed by atoms with Crippen molar-refractivity contribution in [2.75, 3.05) is 39.6 Å². The summed E-state index contributed by atoms with van der Waals surface area (Å²) < 4.78 is 36.6. The summed E-state index contributed by atoms with van der Waals surface area (Å²) in [5.41, 5.74) is 1.07. The molecule has 0 aliphatic heterocycles. The van der Waals surface area contributed by atoms with Crippen molar-refractivity contribution in [3.63, 3.8) is 0 Å². The lowest BCUT2D eigenvalue weighted by molar-refractivity contribution is -0.154. The molecule has 284 valence electrons. The second-order valence-electron chi connectivity index (χ2n) is 13.5. The lowest BCUT2D eigenvalue weighted by Crippen LogP contribution is -2.30. The molecule has 3 rings (SSSR count). The van der Waals surface area contributed by atoms with Crippen molar-refractivity contribution in [1.82, 2.24) is 0 Å². The summed E-state index contributed by atoms with van der Waals surface area (Å²) in [5, 5.41) is 3.52. The SMILES string of the molecule is CCCCCCCCOCC(COc1c2ccccc2c(OCC(COCCCCCCCC)OC(=O)CC)c2cc(C)ccc12)OC(=O)CC. The smallest absolute Gasteiger partial charge is 0.305 e. The summed E-state index contributed by atoms with van der Waals surface area (Å²) in [6.07, 6.45) is 13.7. The number of aryl methyl sites for hydroxylation is 1. The Hall–Kier alpha value is -3.36. The standard InChI is InChI=1S/C43H64O8/c1-6-10-12-14-16-20-26-46-29-34(50-40(44)8-3)31-48-42-36-22-18-19-23-37(36)43(39-28-33(5)24-25-38(39)42)49-32-35(51-41(45)9-4)30-47-27-21-17-15-13-11-7-2/h18-19,22-25,28,34-35H,6-17,20-21,26-27,29-32H2,1-5H3. The van der Waals surface area contributed by atoms with Crippen LogP contribution >= 0.6 is 0 Å². The van der Waals surface area contributed by atoms with Gasteiger partial charge >= 0.3 is 11.9 Å². The number of esters is 2. The van der Waals surface area contributed by atoms with Gasteiger partial charge in [-0.15, -0.1) is 0 Å². The molecule has 0 spiro atoms. The van der Waals surface area contributed by atoms with Crippen LogP contribution in [-0.2, 0) is 28.5 Å². The minimum atomic E-state index is -0.544. The van der Waals surface area contributed by atoms with Crippen LogP contribution in [0.1, 0.15) is 123 Å². The molecule has 0 aliphatic rings. The first-order valence-electron chi connectivity index (χ1n) is 19.7. The van der Waals surface area contributed by atoms with Gasteiger partial charge in [-0.25, -0.2) is 0 Å². The van der Waals surface area contributed by atoms with Crippen LogP contribution in [0, 0.1) is 6.92 Å². The van der Waals surface area contributed by atoms with Crippen LogP contribution in [0.2, 0.25) is 0 Å². The monoisotopic (exact) mass is 708 g/mol. The Bertz CT molecular complexity index is 1440. The van der Waals surface area contributed by atoms with Crippen molar-refractivity contribution in [2.24, 2.45) is 0 Å². The second kappa shape index (κ2) is 24.8. The van der Waals surface area contributed by atoms with Gasteiger partial charge in [-0.05, 0) is 25.8 Å². The van der Waals surface area contributed by atoms with E-state index in [0.717, 1.165) is 52.8 Å². The summed E-state index contributed by atoms with van der Waals surface area (Å²) in [6.45, 7) is 12.2. The van der Waals surface area contributed by atoms with E-state index in [-0.39, 0.29) is 51.2 Å². The summed E-state index contributed by atoms with van der Waals surface area (Å²) in [7, 11) is 0. The van der Waals surface area contributed by atoms with E-state index in [1.807, 2.05) is 43.3 Å². The van der Waals surface area contributed by atoms with Crippen molar-refractivity contribution in [2.45, 2.75) is 137 Å². The zero-order valence-corrected chi connectivity index (χ0v) is 32.1. The van der Waals surface area contributed by atoms with Crippen LogP contribution in [0.25, 0.3) is 21.5 Å². The maximum atomic E-state index is 12.4. The topological polar surface area (TPSA) is 89.5 Å². The number of carbonyl (C=O) groups is 2. The van der Waals surface area contributed by atoms with Crippen LogP contribution in [0.15, 0.2) is 42.5 Å². The van der Waals surface area contributed by atoms with Gasteiger partial charge in [-0.3, -0.25) is 9.59 Å². The average molecular weight is 709 g/mol. The third kappa shape index (κ3) is 15.0. The Balaban J connectivity index is 1.78. The minimum Gasteiger partial charge on any atom is -0.488 e. The Morgan fingerprint density at radius 1 is 0.529 bits per heavy atom. The molecule has 0 amide bonds. The lowest BCUT2D eigenvalue weighted by atomic mass is 9.99. The van der Waals surface area contributed by atoms with E-state index in [0.29, 0.717) is 24.7 Å². The fourth-order valence-corrected chi connectivity index (χ4v) is 6.05. The van der Waals surface area contributed by atoms with Gasteiger partial charge in [0.2, 0.25) is 0 Å². The molecule has 0 aliphatic carbocycles. The molecule has 0 bridgehead atoms. The maximum absolute atomic E-state index is 12.4. The first kappa shape index (κ1) is 42.1. The first-order chi connectivity index (χ1) is 24.9. The second-order valence-corrected chi connectivity index (χ2v) is 13.5. The quantitative estimate of drug-likeness (QED) is 0.0418. The molecule has 8 nitrogen and oxygen atoms in total. The first-order valence-corrected chi connectivity index (χ1v) is 19.7. The maximum Gasteiger partial charge on any atom is 0.305 e. The Morgan fingerprint density at radius 3 is 1.43 bits per heavy atom. The zero-order chi connectivity index (χ0) is 36.7. The molecule has 3 aromatic rings. The molecule has 51 heavy (non-hydrogen) atoms. The van der Waals surface area contributed by atoms with Crippen molar-refractivity contribution in [3.05, 3.63) is 48.0 Å². The predicted octanol–water partition coefficient (Wildman–Crippen LogP) is 10.5. The number of fused-ring (bicyclic) bond motifs is 2. The van der Waals surface area contributed by atoms with Gasteiger partial charge in [-0.2, -0.15) is 0 Å². The van der Waals surface area contributed by atoms with Crippen LogP contribution in [0.3, 0.4) is 0 Å². The third-order valence-electron chi connectivity index (χ3n) is 8.97. The van der Waals surface area contributed by atoms with Crippen LogP contribution in [-0.4, -0.2) is 63.8 Å². The molecule has 0 fully saturated rings. The van der Waals surface area contributed by atoms with E-state index in [1.165, 1.54) is 51.4 Å². The van der Waals surface area contributed by atoms with E-state index in [4.69, 9.17) is 28.4 Å². The molecule has 3 aromatic carbocycles. The molecule has 0 N–H and O–H groups in total. The Morgan fingerprint density at radius 2 is 0.961 bits per heavy atom. The highest BCUT2D eigenvalue weighted by atomic mass is 16.6. The number of ether oxygens (including phenoxy) is 6. The van der Waals surface area contributed by atoms with E-state index in [1.54, 1.807) is 13.8 Å². The van der Waals surface area contributed by atoms with Gasteiger partial charge in [0.05, 0.1) is 13.2 Å². The molecule has 0 saturated heterocycles. The van der Waals surface area contributed by atoms with Gasteiger partial charge in [0.25, 0.3) is 0 Å². The number of unbranched alkanes of at least 4 members (excludes halogenated alkanes) is 10. The molecule has 0 radical (unpaired) electrons. The van der Waals surface area contributed by atoms with Crippen molar-refractivity contribution >= 4 is 33.5 Å². The number of benzene rings is 3. The van der Waals surface area contributed by atoms with E-state index < -0.39 is 12.2 Å². The molecular weight excluding hydrogens is 644 g/mol. The molecule has 2 unspecified atom stereocenters. The molecule has 0 saturated carbocycles. The third-order valence-corrected chi connectivity index (χ3v) is 8.97. The summed E-state index contributed by atoms with van der Waals surface area (Å²) in [4.78, 5) is 24.7. The molecule has 0 aromatic heterocycles. The fraction of sp³-hybridized carbons (Fsp3) is 0.628. The van der Waals surface area contributed by atoms with Gasteiger partial charge in [0.15, 0.2) is 12.2 Å². The van der Waals surface area contributed by atoms with Crippen molar-refractivity contribution < 1.29 is 38.0 Å². The zero-order valence-electron chi connectivity index (χ0n) is 32.1. The van der Waals surface area contributed by atoms with Gasteiger partial charge in [-0.1, -0.05) is 134 Å². The predicted molar refractivity (Wildman–Crippen MR) is 206 cm³/mol. The normalized spacial score (nSPS) is 12.6. The lowest BCUT2D eigenvalue weighted by Gasteiger charge is -2.23. The van der Waals surface area contributed by atoms with E-state index in [2.05, 4.69) is 19.9 Å². The number of rotatable bonds is 28. The minimum absolute atomic E-state index is 0.153. The molecule has 8 heteroatoms. The van der Waals surface area contributed by atoms with Crippen LogP contribution in [0.5, 0.6) is 11.5 Å². The van der Waals surface area contributed by atoms with Crippen molar-refractivity contribution in [3.8, 4) is 11.5 Å². The Kier molecular flexibility index (Phi) is 20.4. The van der Waals surface area contributed by atoms with E-state index in [9.17, 15) is 9.59 Å². The average Bonchev–Trinajstić information content (AvgIpc) is 3.14. The van der Waals surface area contributed by atoms with Crippen LogP contribution < -0.4 is 9.47 Å². The molecule has 0 heterocycles. The Labute approximate surface area is 306 Å². The summed E-state index contributed by atoms with van der Waals surface area (Å²) in [6, 6.07) is 14.1. The van der Waals surface area contributed by atoms with Crippen molar-refractivity contribution in [1.29, 1.82) is 0 Å². The molecular formula is C43H64O8. The van der Waals surface area contributed by atoms with E-state index >= 15 is 0 Å². The largest absolute Gasteiger partial charge is 0.488 e. The van der Waals surface area contributed by atoms with Gasteiger partial charge in [0, 0.05) is 47.6 Å². The number of hydrogen-bond acceptors (Lipinski definition) is 8. The summed E-state index contributed by atoms with van der Waals surface area (Å²) in [5.74, 6) is 0.824. The highest BCUT2D eigenvalue weighted by molar-refractivity contribution is 6.11. The highest BCUT2D eigenvalue weighted by Crippen LogP contribution is 2.43. The number of hydrogen-bond donors (Lipinski definition) is 0. The van der Waals surface area contributed by atoms with Gasteiger partial charge < -0.3 is 28.4 Å². The highest BCUT2D eigenvalue weighted by Gasteiger charge is 2.22. The number of carbonyl (C=O) groups excluding carboxylic acids is 2. The summed E-state index contributed by atoms with van der Waals surface area (Å²) >= 11 is 0.